The zero-order chi connectivity index (χ0) is 19.2. The average Bonchev–Trinajstić information content (AvgIpc) is 2.65. The molecule has 26 heavy (non-hydrogen) atoms. The molecule has 0 amide bonds. The Balaban J connectivity index is 1.85. The minimum Gasteiger partial charge on any atom is -0.497 e. The fraction of sp³-hybridized carbons (Fsp3) is 0.368. The Morgan fingerprint density at radius 3 is 2.23 bits per heavy atom. The molecule has 0 aromatic heterocycles. The number of nitrogens with one attached hydrogen (secondary N) is 1. The van der Waals surface area contributed by atoms with Crippen LogP contribution in [0.1, 0.15) is 17.2 Å². The summed E-state index contributed by atoms with van der Waals surface area (Å²) < 4.78 is 31.9. The number of ether oxygens (including phenoxy) is 1. The maximum absolute atomic E-state index is 12.2. The van der Waals surface area contributed by atoms with Crippen LogP contribution < -0.4 is 14.4 Å². The van der Waals surface area contributed by atoms with Crippen molar-refractivity contribution in [2.45, 2.75) is 12.5 Å². The number of aliphatic hydroxyl groups is 1. The van der Waals surface area contributed by atoms with Crippen LogP contribution in [0.15, 0.2) is 48.5 Å². The van der Waals surface area contributed by atoms with E-state index in [9.17, 15) is 13.5 Å². The predicted molar refractivity (Wildman–Crippen MR) is 104 cm³/mol. The fourth-order valence-electron chi connectivity index (χ4n) is 2.43. The van der Waals surface area contributed by atoms with E-state index in [2.05, 4.69) is 4.72 Å². The summed E-state index contributed by atoms with van der Waals surface area (Å²) in [6.07, 6.45) is -0.491. The van der Waals surface area contributed by atoms with Crippen LogP contribution in [0.2, 0.25) is 0 Å². The first-order valence-electron chi connectivity index (χ1n) is 8.36. The summed E-state index contributed by atoms with van der Waals surface area (Å²) in [7, 11) is 1.98. The highest BCUT2D eigenvalue weighted by Crippen LogP contribution is 2.18. The van der Waals surface area contributed by atoms with Crippen LogP contribution in [-0.2, 0) is 16.4 Å². The molecule has 0 unspecified atom stereocenters. The second-order valence-electron chi connectivity index (χ2n) is 6.27. The molecule has 2 aromatic rings. The molecule has 0 spiro atoms. The summed E-state index contributed by atoms with van der Waals surface area (Å²) in [5.74, 6) is 0.698. The van der Waals surface area contributed by atoms with E-state index < -0.39 is 16.1 Å². The lowest BCUT2D eigenvalue weighted by molar-refractivity contribution is 0.182. The van der Waals surface area contributed by atoms with Gasteiger partial charge in [0.25, 0.3) is 0 Å². The monoisotopic (exact) mass is 378 g/mol. The van der Waals surface area contributed by atoms with Crippen LogP contribution in [0.25, 0.3) is 0 Å². The Kier molecular flexibility index (Phi) is 7.02. The molecule has 0 heterocycles. The second-order valence-corrected chi connectivity index (χ2v) is 8.19. The maximum atomic E-state index is 12.2. The Bertz CT molecular complexity index is 787. The number of nitrogens with zero attached hydrogens (tertiary/aromatic N) is 1. The van der Waals surface area contributed by atoms with Gasteiger partial charge in [0.1, 0.15) is 5.75 Å². The van der Waals surface area contributed by atoms with Gasteiger partial charge in [-0.3, -0.25) is 0 Å². The predicted octanol–water partition coefficient (Wildman–Crippen LogP) is 1.96. The van der Waals surface area contributed by atoms with E-state index in [-0.39, 0.29) is 12.3 Å². The van der Waals surface area contributed by atoms with Crippen LogP contribution >= 0.6 is 0 Å². The molecule has 0 saturated carbocycles. The molecule has 0 aliphatic carbocycles. The lowest BCUT2D eigenvalue weighted by Gasteiger charge is -2.16. The highest BCUT2D eigenvalue weighted by Gasteiger charge is 2.14. The van der Waals surface area contributed by atoms with E-state index in [0.717, 1.165) is 17.0 Å². The molecule has 2 rings (SSSR count). The molecule has 142 valence electrons. The number of sulfonamides is 1. The van der Waals surface area contributed by atoms with Gasteiger partial charge in [-0.15, -0.1) is 0 Å². The number of aliphatic hydroxyl groups excluding tert-OH is 1. The Hall–Kier alpha value is -2.09. The Morgan fingerprint density at radius 2 is 1.69 bits per heavy atom. The minimum absolute atomic E-state index is 0.0361. The minimum atomic E-state index is -3.47. The maximum Gasteiger partial charge on any atom is 0.212 e. The topological polar surface area (TPSA) is 78.9 Å². The third kappa shape index (κ3) is 6.01. The summed E-state index contributed by atoms with van der Waals surface area (Å²) >= 11 is 0. The van der Waals surface area contributed by atoms with Gasteiger partial charge >= 0.3 is 0 Å². The fourth-order valence-corrected chi connectivity index (χ4v) is 3.50. The molecule has 2 N–H and O–H groups in total. The van der Waals surface area contributed by atoms with Crippen molar-refractivity contribution >= 4 is 15.7 Å². The largest absolute Gasteiger partial charge is 0.497 e. The van der Waals surface area contributed by atoms with Crippen molar-refractivity contribution in [1.29, 1.82) is 0 Å². The Labute approximate surface area is 155 Å². The van der Waals surface area contributed by atoms with Gasteiger partial charge in [0.2, 0.25) is 10.0 Å². The number of benzene rings is 2. The van der Waals surface area contributed by atoms with Gasteiger partial charge in [-0.25, -0.2) is 13.1 Å². The van der Waals surface area contributed by atoms with E-state index in [1.165, 1.54) is 0 Å². The van der Waals surface area contributed by atoms with Crippen molar-refractivity contribution in [2.75, 3.05) is 38.4 Å². The first kappa shape index (κ1) is 20.2. The first-order valence-corrected chi connectivity index (χ1v) is 10.0. The first-order chi connectivity index (χ1) is 12.3. The van der Waals surface area contributed by atoms with Crippen molar-refractivity contribution in [2.24, 2.45) is 0 Å². The molecule has 0 fully saturated rings. The van der Waals surface area contributed by atoms with Crippen LogP contribution in [0, 0.1) is 0 Å². The molecule has 0 saturated heterocycles. The van der Waals surface area contributed by atoms with Gasteiger partial charge in [0.15, 0.2) is 0 Å². The third-order valence-electron chi connectivity index (χ3n) is 4.11. The molecular weight excluding hydrogens is 352 g/mol. The van der Waals surface area contributed by atoms with E-state index in [1.54, 1.807) is 31.4 Å². The highest BCUT2D eigenvalue weighted by molar-refractivity contribution is 7.89. The van der Waals surface area contributed by atoms with Crippen LogP contribution in [0.3, 0.4) is 0 Å². The van der Waals surface area contributed by atoms with Crippen molar-refractivity contribution < 1.29 is 18.3 Å². The second kappa shape index (κ2) is 9.02. The number of hydrogen-bond donors (Lipinski definition) is 2. The van der Waals surface area contributed by atoms with Gasteiger partial charge in [0, 0.05) is 26.3 Å². The zero-order valence-corrected chi connectivity index (χ0v) is 16.2. The van der Waals surface area contributed by atoms with Gasteiger partial charge in [0.05, 0.1) is 19.0 Å². The number of hydrogen-bond acceptors (Lipinski definition) is 5. The molecule has 2 aromatic carbocycles. The zero-order valence-electron chi connectivity index (χ0n) is 15.3. The number of aryl methyl sites for hydroxylation is 1. The molecular formula is C19H26N2O4S. The summed E-state index contributed by atoms with van der Waals surface area (Å²) in [5.41, 5.74) is 2.60. The smallest absolute Gasteiger partial charge is 0.212 e. The van der Waals surface area contributed by atoms with Crippen LogP contribution in [-0.4, -0.2) is 47.0 Å². The van der Waals surface area contributed by atoms with E-state index in [0.29, 0.717) is 12.0 Å². The summed E-state index contributed by atoms with van der Waals surface area (Å²) in [6, 6.07) is 14.7. The molecule has 0 bridgehead atoms. The van der Waals surface area contributed by atoms with Gasteiger partial charge < -0.3 is 14.7 Å². The molecule has 6 nitrogen and oxygen atoms in total. The van der Waals surface area contributed by atoms with Crippen LogP contribution in [0.5, 0.6) is 5.75 Å². The van der Waals surface area contributed by atoms with Gasteiger partial charge in [-0.05, 0) is 41.8 Å². The van der Waals surface area contributed by atoms with Crippen molar-refractivity contribution in [3.63, 3.8) is 0 Å². The van der Waals surface area contributed by atoms with Crippen LogP contribution in [0.4, 0.5) is 5.69 Å². The lowest BCUT2D eigenvalue weighted by atomic mass is 10.1. The average molecular weight is 378 g/mol. The number of rotatable bonds is 9. The SMILES string of the molecule is COc1ccc(CCS(=O)(=O)NC[C@@H](O)c2ccc(N(C)C)cc2)cc1. The normalized spacial score (nSPS) is 12.6. The molecule has 0 aliphatic rings. The lowest BCUT2D eigenvalue weighted by Crippen LogP contribution is -2.31. The quantitative estimate of drug-likeness (QED) is 0.697. The molecule has 7 heteroatoms. The van der Waals surface area contributed by atoms with Crippen molar-refractivity contribution in [1.82, 2.24) is 4.72 Å². The molecule has 0 radical (unpaired) electrons. The molecule has 1 atom stereocenters. The standard InChI is InChI=1S/C19H26N2O4S/c1-21(2)17-8-6-16(7-9-17)19(22)14-20-26(23,24)13-12-15-4-10-18(25-3)11-5-15/h4-11,19-20,22H,12-14H2,1-3H3/t19-/m1/s1. The van der Waals surface area contributed by atoms with E-state index in [4.69, 9.17) is 4.74 Å². The van der Waals surface area contributed by atoms with Gasteiger partial charge in [-0.1, -0.05) is 24.3 Å². The third-order valence-corrected chi connectivity index (χ3v) is 5.46. The van der Waals surface area contributed by atoms with E-state index in [1.807, 2.05) is 43.3 Å². The van der Waals surface area contributed by atoms with Crippen molar-refractivity contribution in [3.8, 4) is 5.75 Å². The highest BCUT2D eigenvalue weighted by atomic mass is 32.2. The number of methoxy groups -OCH3 is 1. The Morgan fingerprint density at radius 1 is 1.08 bits per heavy atom. The summed E-state index contributed by atoms with van der Waals surface area (Å²) in [6.45, 7) is -0.0493. The molecule has 0 aliphatic heterocycles. The van der Waals surface area contributed by atoms with Crippen molar-refractivity contribution in [3.05, 3.63) is 59.7 Å². The number of anilines is 1. The van der Waals surface area contributed by atoms with Gasteiger partial charge in [-0.2, -0.15) is 0 Å². The summed E-state index contributed by atoms with van der Waals surface area (Å²) in [5, 5.41) is 10.2. The summed E-state index contributed by atoms with van der Waals surface area (Å²) in [4.78, 5) is 1.96. The van der Waals surface area contributed by atoms with E-state index >= 15 is 0 Å².